The van der Waals surface area contributed by atoms with Crippen LogP contribution >= 0.6 is 35.3 Å². The lowest BCUT2D eigenvalue weighted by Gasteiger charge is -2.06. The summed E-state index contributed by atoms with van der Waals surface area (Å²) in [6, 6.07) is 10.6. The molecular formula is C14H20N2S3. The standard InChI is InChI=1S/C10H14.C4H6N2S3/c1-3-9(2)10-7-5-4-6-8-10;1-2-8-4-6-5-3(7)9-4/h4-9H,3H2,1-2H3;2H2,1H3,(H,5,7). The van der Waals surface area contributed by atoms with Gasteiger partial charge in [0.1, 0.15) is 0 Å². The zero-order valence-electron chi connectivity index (χ0n) is 11.6. The van der Waals surface area contributed by atoms with E-state index in [1.807, 2.05) is 0 Å². The highest BCUT2D eigenvalue weighted by atomic mass is 32.2. The molecule has 1 atom stereocenters. The van der Waals surface area contributed by atoms with Crippen molar-refractivity contribution >= 4 is 35.3 Å². The summed E-state index contributed by atoms with van der Waals surface area (Å²) in [5.74, 6) is 1.76. The van der Waals surface area contributed by atoms with Gasteiger partial charge in [-0.25, -0.2) is 0 Å². The van der Waals surface area contributed by atoms with Gasteiger partial charge in [0.05, 0.1) is 0 Å². The number of H-pyrrole nitrogens is 1. The normalized spacial score (nSPS) is 11.5. The van der Waals surface area contributed by atoms with Crippen molar-refractivity contribution in [2.45, 2.75) is 37.4 Å². The number of nitrogens with zero attached hydrogens (tertiary/aromatic N) is 1. The summed E-state index contributed by atoms with van der Waals surface area (Å²) in [5, 5.41) is 6.67. The molecule has 104 valence electrons. The van der Waals surface area contributed by atoms with E-state index in [0.717, 1.165) is 14.0 Å². The molecule has 0 amide bonds. The van der Waals surface area contributed by atoms with E-state index in [2.05, 4.69) is 61.3 Å². The molecule has 0 fully saturated rings. The van der Waals surface area contributed by atoms with Gasteiger partial charge in [0.2, 0.25) is 0 Å². The summed E-state index contributed by atoms with van der Waals surface area (Å²) < 4.78 is 1.79. The molecule has 1 heterocycles. The van der Waals surface area contributed by atoms with Crippen LogP contribution in [0.5, 0.6) is 0 Å². The van der Waals surface area contributed by atoms with Crippen molar-refractivity contribution in [1.29, 1.82) is 0 Å². The monoisotopic (exact) mass is 312 g/mol. The molecule has 1 N–H and O–H groups in total. The van der Waals surface area contributed by atoms with E-state index in [0.29, 0.717) is 5.92 Å². The van der Waals surface area contributed by atoms with Crippen LogP contribution in [0, 0.1) is 3.95 Å². The lowest BCUT2D eigenvalue weighted by Crippen LogP contribution is -1.88. The molecule has 1 aromatic carbocycles. The Balaban J connectivity index is 0.000000191. The van der Waals surface area contributed by atoms with Gasteiger partial charge in [-0.2, -0.15) is 5.10 Å². The number of nitrogens with one attached hydrogen (secondary N) is 1. The maximum absolute atomic E-state index is 4.83. The number of hydrogen-bond donors (Lipinski definition) is 1. The van der Waals surface area contributed by atoms with Gasteiger partial charge in [0.25, 0.3) is 0 Å². The Bertz CT molecular complexity index is 505. The van der Waals surface area contributed by atoms with E-state index in [9.17, 15) is 0 Å². The number of benzene rings is 1. The second-order valence-corrected chi connectivity index (χ2v) is 7.21. The third-order valence-corrected chi connectivity index (χ3v) is 4.78. The van der Waals surface area contributed by atoms with Gasteiger partial charge in [-0.05, 0) is 35.9 Å². The Morgan fingerprint density at radius 1 is 1.32 bits per heavy atom. The number of rotatable bonds is 4. The fourth-order valence-electron chi connectivity index (χ4n) is 1.42. The van der Waals surface area contributed by atoms with Crippen LogP contribution in [0.2, 0.25) is 0 Å². The lowest BCUT2D eigenvalue weighted by molar-refractivity contribution is 0.733. The zero-order chi connectivity index (χ0) is 14.1. The minimum absolute atomic E-state index is 0.709. The molecule has 0 aliphatic carbocycles. The van der Waals surface area contributed by atoms with E-state index in [1.165, 1.54) is 23.3 Å². The summed E-state index contributed by atoms with van der Waals surface area (Å²) in [6.07, 6.45) is 1.23. The molecule has 1 unspecified atom stereocenters. The van der Waals surface area contributed by atoms with Crippen molar-refractivity contribution in [1.82, 2.24) is 10.2 Å². The van der Waals surface area contributed by atoms with Crippen LogP contribution in [0.15, 0.2) is 34.7 Å². The third-order valence-electron chi connectivity index (χ3n) is 2.67. The van der Waals surface area contributed by atoms with E-state index in [4.69, 9.17) is 12.2 Å². The van der Waals surface area contributed by atoms with Gasteiger partial charge in [-0.3, -0.25) is 5.10 Å². The van der Waals surface area contributed by atoms with Crippen molar-refractivity contribution in [3.05, 3.63) is 39.8 Å². The smallest absolute Gasteiger partial charge is 0.177 e. The largest absolute Gasteiger partial charge is 0.257 e. The molecule has 2 nitrogen and oxygen atoms in total. The molecule has 0 aliphatic heterocycles. The second kappa shape index (κ2) is 9.28. The number of aromatic amines is 1. The van der Waals surface area contributed by atoms with Gasteiger partial charge in [0.15, 0.2) is 8.29 Å². The first-order valence-electron chi connectivity index (χ1n) is 6.40. The van der Waals surface area contributed by atoms with Crippen LogP contribution in [0.4, 0.5) is 0 Å². The quantitative estimate of drug-likeness (QED) is 0.596. The summed E-state index contributed by atoms with van der Waals surface area (Å²) in [4.78, 5) is 0. The molecular weight excluding hydrogens is 292 g/mol. The van der Waals surface area contributed by atoms with Crippen molar-refractivity contribution in [2.24, 2.45) is 0 Å². The molecule has 0 aliphatic rings. The Hall–Kier alpha value is -0.650. The van der Waals surface area contributed by atoms with Crippen molar-refractivity contribution in [3.63, 3.8) is 0 Å². The summed E-state index contributed by atoms with van der Waals surface area (Å²) >= 11 is 8.06. The lowest BCUT2D eigenvalue weighted by atomic mass is 9.99. The predicted octanol–water partition coefficient (Wildman–Crippen LogP) is 5.51. The second-order valence-electron chi connectivity index (χ2n) is 4.03. The predicted molar refractivity (Wildman–Crippen MR) is 88.8 cm³/mol. The van der Waals surface area contributed by atoms with Crippen LogP contribution in [-0.2, 0) is 0 Å². The average Bonchev–Trinajstić information content (AvgIpc) is 2.85. The van der Waals surface area contributed by atoms with Gasteiger partial charge in [0, 0.05) is 0 Å². The molecule has 1 aromatic heterocycles. The Morgan fingerprint density at radius 2 is 2.00 bits per heavy atom. The number of aromatic nitrogens is 2. The molecule has 19 heavy (non-hydrogen) atoms. The summed E-state index contributed by atoms with van der Waals surface area (Å²) in [6.45, 7) is 6.57. The van der Waals surface area contributed by atoms with Crippen LogP contribution in [0.3, 0.4) is 0 Å². The first kappa shape index (κ1) is 16.4. The first-order valence-corrected chi connectivity index (χ1v) is 8.61. The maximum atomic E-state index is 4.83. The van der Waals surface area contributed by atoms with Gasteiger partial charge in [-0.15, -0.1) is 0 Å². The maximum Gasteiger partial charge on any atom is 0.177 e. The van der Waals surface area contributed by atoms with Gasteiger partial charge in [-0.1, -0.05) is 74.2 Å². The molecule has 2 aromatic rings. The molecule has 5 heteroatoms. The highest BCUT2D eigenvalue weighted by Gasteiger charge is 1.98. The first-order chi connectivity index (χ1) is 9.17. The van der Waals surface area contributed by atoms with E-state index >= 15 is 0 Å². The van der Waals surface area contributed by atoms with Crippen LogP contribution in [0.25, 0.3) is 0 Å². The van der Waals surface area contributed by atoms with Crippen molar-refractivity contribution in [2.75, 3.05) is 5.75 Å². The fraction of sp³-hybridized carbons (Fsp3) is 0.429. The SMILES string of the molecule is CCC(C)c1ccccc1.CCSc1n[nH]c(=S)s1. The Labute approximate surface area is 128 Å². The topological polar surface area (TPSA) is 28.7 Å². The Morgan fingerprint density at radius 3 is 2.47 bits per heavy atom. The van der Waals surface area contributed by atoms with Crippen molar-refractivity contribution in [3.8, 4) is 0 Å². The van der Waals surface area contributed by atoms with E-state index in [-0.39, 0.29) is 0 Å². The molecule has 2 rings (SSSR count). The fourth-order valence-corrected chi connectivity index (χ4v) is 3.40. The van der Waals surface area contributed by atoms with E-state index < -0.39 is 0 Å². The number of hydrogen-bond acceptors (Lipinski definition) is 4. The van der Waals surface area contributed by atoms with Crippen LogP contribution in [0.1, 0.15) is 38.7 Å². The van der Waals surface area contributed by atoms with Gasteiger partial charge >= 0.3 is 0 Å². The minimum atomic E-state index is 0.709. The molecule has 0 saturated carbocycles. The molecule has 0 saturated heterocycles. The third kappa shape index (κ3) is 6.36. The summed E-state index contributed by atoms with van der Waals surface area (Å²) in [7, 11) is 0. The highest BCUT2D eigenvalue weighted by Crippen LogP contribution is 2.19. The summed E-state index contributed by atoms with van der Waals surface area (Å²) in [5.41, 5.74) is 1.45. The zero-order valence-corrected chi connectivity index (χ0v) is 14.0. The van der Waals surface area contributed by atoms with E-state index in [1.54, 1.807) is 11.8 Å². The molecule has 0 radical (unpaired) electrons. The molecule has 0 spiro atoms. The van der Waals surface area contributed by atoms with Gasteiger partial charge < -0.3 is 0 Å². The minimum Gasteiger partial charge on any atom is -0.257 e. The van der Waals surface area contributed by atoms with Crippen LogP contribution in [-0.4, -0.2) is 16.0 Å². The van der Waals surface area contributed by atoms with Crippen LogP contribution < -0.4 is 0 Å². The highest BCUT2D eigenvalue weighted by molar-refractivity contribution is 8.01. The Kier molecular flexibility index (Phi) is 8.02. The number of thioether (sulfide) groups is 1. The van der Waals surface area contributed by atoms with Crippen molar-refractivity contribution < 1.29 is 0 Å². The average molecular weight is 313 g/mol. The molecule has 0 bridgehead atoms.